The highest BCUT2D eigenvalue weighted by atomic mass is 32.2. The molecule has 36 heavy (non-hydrogen) atoms. The van der Waals surface area contributed by atoms with Gasteiger partial charge in [0.2, 0.25) is 0 Å². The Kier molecular flexibility index (Phi) is 8.11. The number of anilines is 2. The quantitative estimate of drug-likeness (QED) is 0.432. The van der Waals surface area contributed by atoms with Crippen LogP contribution in [-0.2, 0) is 19.3 Å². The number of hydrogen-bond donors (Lipinski definition) is 3. The Bertz CT molecular complexity index is 1170. The Labute approximate surface area is 212 Å². The van der Waals surface area contributed by atoms with Crippen molar-refractivity contribution in [3.63, 3.8) is 0 Å². The molecule has 2 fully saturated rings. The highest BCUT2D eigenvalue weighted by Crippen LogP contribution is 2.48. The van der Waals surface area contributed by atoms with Crippen molar-refractivity contribution >= 4 is 27.4 Å². The van der Waals surface area contributed by atoms with E-state index in [0.29, 0.717) is 68.6 Å². The van der Waals surface area contributed by atoms with Gasteiger partial charge in [0.25, 0.3) is 0 Å². The summed E-state index contributed by atoms with van der Waals surface area (Å²) in [6, 6.07) is 8.75. The maximum absolute atomic E-state index is 13.2. The minimum Gasteiger partial charge on any atom is -0.396 e. The molecule has 4 rings (SSSR count). The lowest BCUT2D eigenvalue weighted by Gasteiger charge is -2.41. The fourth-order valence-corrected chi connectivity index (χ4v) is 6.56. The van der Waals surface area contributed by atoms with Gasteiger partial charge in [0.15, 0.2) is 15.7 Å². The third-order valence-electron chi connectivity index (χ3n) is 7.00. The number of morpholine rings is 1. The van der Waals surface area contributed by atoms with Crippen LogP contribution in [0, 0.1) is 0 Å². The van der Waals surface area contributed by atoms with Gasteiger partial charge in [-0.3, -0.25) is 0 Å². The Morgan fingerprint density at radius 1 is 1.25 bits per heavy atom. The van der Waals surface area contributed by atoms with Crippen LogP contribution in [0.2, 0.25) is 0 Å². The minimum absolute atomic E-state index is 0.0140. The molecule has 2 heterocycles. The van der Waals surface area contributed by atoms with Crippen molar-refractivity contribution in [1.82, 2.24) is 15.3 Å². The summed E-state index contributed by atoms with van der Waals surface area (Å²) >= 11 is 0. The smallest absolute Gasteiger partial charge is 0.319 e. The largest absolute Gasteiger partial charge is 0.396 e. The van der Waals surface area contributed by atoms with Crippen molar-refractivity contribution in [3.8, 4) is 11.4 Å². The van der Waals surface area contributed by atoms with E-state index < -0.39 is 14.6 Å². The Hall–Kier alpha value is -2.76. The van der Waals surface area contributed by atoms with E-state index in [1.54, 1.807) is 19.1 Å². The number of urea groups is 1. The number of benzene rings is 1. The molecule has 10 nitrogen and oxygen atoms in total. The number of aliphatic hydroxyl groups is 1. The summed E-state index contributed by atoms with van der Waals surface area (Å²) in [4.78, 5) is 23.8. The van der Waals surface area contributed by atoms with Crippen LogP contribution in [0.15, 0.2) is 30.3 Å². The van der Waals surface area contributed by atoms with Gasteiger partial charge in [0.1, 0.15) is 10.6 Å². The molecule has 1 aromatic heterocycles. The van der Waals surface area contributed by atoms with Crippen LogP contribution in [0.25, 0.3) is 11.4 Å². The fourth-order valence-electron chi connectivity index (χ4n) is 4.67. The second-order valence-corrected chi connectivity index (χ2v) is 11.9. The summed E-state index contributed by atoms with van der Waals surface area (Å²) in [7, 11) is -3.37. The zero-order valence-corrected chi connectivity index (χ0v) is 21.7. The SMILES string of the molecule is CCS(=O)(=O)C1(c2cc(N3CCOC[C@@H]3C)nc(-c3ccc(NC(=O)NCCCO)cc3)n2)CCC1. The topological polar surface area (TPSA) is 134 Å². The molecule has 1 saturated carbocycles. The molecule has 0 spiro atoms. The normalized spacial score (nSPS) is 19.4. The number of aromatic nitrogens is 2. The predicted molar refractivity (Wildman–Crippen MR) is 139 cm³/mol. The molecule has 11 heteroatoms. The van der Waals surface area contributed by atoms with E-state index in [-0.39, 0.29) is 24.4 Å². The second-order valence-electron chi connectivity index (χ2n) is 9.34. The summed E-state index contributed by atoms with van der Waals surface area (Å²) in [5.74, 6) is 1.22. The van der Waals surface area contributed by atoms with Gasteiger partial charge in [-0.1, -0.05) is 6.92 Å². The number of nitrogens with one attached hydrogen (secondary N) is 2. The van der Waals surface area contributed by atoms with Gasteiger partial charge in [-0.25, -0.2) is 23.2 Å². The number of rotatable bonds is 9. The van der Waals surface area contributed by atoms with Gasteiger partial charge in [-0.2, -0.15) is 0 Å². The molecule has 2 aliphatic rings. The first-order chi connectivity index (χ1) is 17.3. The monoisotopic (exact) mass is 517 g/mol. The van der Waals surface area contributed by atoms with Crippen LogP contribution in [0.3, 0.4) is 0 Å². The first-order valence-corrected chi connectivity index (χ1v) is 14.2. The molecule has 0 radical (unpaired) electrons. The first-order valence-electron chi connectivity index (χ1n) is 12.5. The molecule has 1 aliphatic carbocycles. The van der Waals surface area contributed by atoms with E-state index in [2.05, 4.69) is 22.5 Å². The van der Waals surface area contributed by atoms with Crippen LogP contribution in [0.4, 0.5) is 16.3 Å². The average Bonchev–Trinajstić information content (AvgIpc) is 2.84. The summed E-state index contributed by atoms with van der Waals surface area (Å²) < 4.78 is 31.0. The maximum atomic E-state index is 13.2. The summed E-state index contributed by atoms with van der Waals surface area (Å²) in [5, 5.41) is 14.3. The highest BCUT2D eigenvalue weighted by molar-refractivity contribution is 7.92. The van der Waals surface area contributed by atoms with E-state index in [1.165, 1.54) is 0 Å². The van der Waals surface area contributed by atoms with Gasteiger partial charge >= 0.3 is 6.03 Å². The van der Waals surface area contributed by atoms with Gasteiger partial charge in [-0.05, 0) is 56.9 Å². The third kappa shape index (κ3) is 5.33. The number of carbonyl (C=O) groups excluding carboxylic acids is 1. The fraction of sp³-hybridized carbons (Fsp3) is 0.560. The lowest BCUT2D eigenvalue weighted by Crippen LogP contribution is -2.46. The predicted octanol–water partition coefficient (Wildman–Crippen LogP) is 2.69. The number of hydrogen-bond acceptors (Lipinski definition) is 8. The Morgan fingerprint density at radius 2 is 2.00 bits per heavy atom. The molecule has 1 saturated heterocycles. The first kappa shape index (κ1) is 26.3. The van der Waals surface area contributed by atoms with E-state index >= 15 is 0 Å². The molecule has 196 valence electrons. The van der Waals surface area contributed by atoms with Crippen molar-refractivity contribution in [3.05, 3.63) is 36.0 Å². The zero-order valence-electron chi connectivity index (χ0n) is 20.9. The molecular formula is C25H35N5O5S. The van der Waals surface area contributed by atoms with Crippen molar-refractivity contribution < 1.29 is 23.1 Å². The maximum Gasteiger partial charge on any atom is 0.319 e. The Morgan fingerprint density at radius 3 is 2.61 bits per heavy atom. The van der Waals surface area contributed by atoms with Gasteiger partial charge in [-0.15, -0.1) is 0 Å². The highest BCUT2D eigenvalue weighted by Gasteiger charge is 2.51. The van der Waals surface area contributed by atoms with Gasteiger partial charge in [0, 0.05) is 42.8 Å². The molecule has 1 aliphatic heterocycles. The minimum atomic E-state index is -3.37. The molecule has 0 unspecified atom stereocenters. The summed E-state index contributed by atoms with van der Waals surface area (Å²) in [5.41, 5.74) is 1.89. The van der Waals surface area contributed by atoms with Gasteiger partial charge in [0.05, 0.1) is 24.9 Å². The van der Waals surface area contributed by atoms with Crippen molar-refractivity contribution in [2.24, 2.45) is 0 Å². The zero-order chi connectivity index (χ0) is 25.8. The summed E-state index contributed by atoms with van der Waals surface area (Å²) in [6.45, 7) is 5.97. The van der Waals surface area contributed by atoms with E-state index in [0.717, 1.165) is 12.0 Å². The van der Waals surface area contributed by atoms with E-state index in [4.69, 9.17) is 19.8 Å². The van der Waals surface area contributed by atoms with Crippen molar-refractivity contribution in [1.29, 1.82) is 0 Å². The number of amides is 2. The second kappa shape index (κ2) is 11.1. The lowest BCUT2D eigenvalue weighted by atomic mass is 9.81. The average molecular weight is 518 g/mol. The number of aliphatic hydroxyl groups excluding tert-OH is 1. The van der Waals surface area contributed by atoms with E-state index in [9.17, 15) is 13.2 Å². The summed E-state index contributed by atoms with van der Waals surface area (Å²) in [6.07, 6.45) is 2.46. The lowest BCUT2D eigenvalue weighted by molar-refractivity contribution is 0.0985. The number of nitrogens with zero attached hydrogens (tertiary/aromatic N) is 3. The molecular weight excluding hydrogens is 482 g/mol. The molecule has 0 bridgehead atoms. The molecule has 2 aromatic rings. The van der Waals surface area contributed by atoms with Crippen molar-refractivity contribution in [2.75, 3.05) is 48.9 Å². The molecule has 3 N–H and O–H groups in total. The number of sulfone groups is 1. The van der Waals surface area contributed by atoms with Crippen LogP contribution in [0.5, 0.6) is 0 Å². The number of ether oxygens (including phenoxy) is 1. The van der Waals surface area contributed by atoms with Crippen LogP contribution >= 0.6 is 0 Å². The van der Waals surface area contributed by atoms with Crippen LogP contribution in [-0.4, -0.2) is 74.2 Å². The molecule has 1 atom stereocenters. The Balaban J connectivity index is 1.68. The van der Waals surface area contributed by atoms with Crippen LogP contribution < -0.4 is 15.5 Å². The van der Waals surface area contributed by atoms with E-state index in [1.807, 2.05) is 18.2 Å². The van der Waals surface area contributed by atoms with Crippen LogP contribution in [0.1, 0.15) is 45.2 Å². The van der Waals surface area contributed by atoms with Crippen molar-refractivity contribution in [2.45, 2.75) is 50.3 Å². The number of carbonyl (C=O) groups is 1. The third-order valence-corrected chi connectivity index (χ3v) is 9.57. The molecule has 1 aromatic carbocycles. The molecule has 2 amide bonds. The van der Waals surface area contributed by atoms with Gasteiger partial charge < -0.3 is 25.4 Å². The standard InChI is InChI=1S/C25H35N5O5S/c1-3-36(33,34)25(10-4-11-25)21-16-22(30-13-15-35-17-18(30)2)29-23(28-21)19-6-8-20(9-7-19)27-24(32)26-12-5-14-31/h6-9,16,18,31H,3-5,10-15,17H2,1-2H3,(H2,26,27,32)/t18-/m0/s1.